The standard InChI is InChI=1S/C45H62F5N5O3/c1-32(56)44(55-25-17-34(18-26-55)16-21-52-23-19-36(20-24-52)35-5-8-38(46)9-6-35)42(58-2)13-14-43(57)51-39-10-3-33(4-11-39)15-22-53-27-29-54(30-28-53)41-31-37(45(48,49)50)7-12-40(41)47/h5-9,12,19,31,33-34,39,42,44H,3-4,10-11,13-18,20-30H2,1-2H3,(H,51,57). The number of anilines is 1. The molecule has 3 heterocycles. The van der Waals surface area contributed by atoms with Crippen molar-refractivity contribution in [2.45, 2.75) is 102 Å². The molecule has 0 radical (unpaired) electrons. The van der Waals surface area contributed by atoms with E-state index in [9.17, 15) is 31.5 Å². The van der Waals surface area contributed by atoms with Gasteiger partial charge in [0.25, 0.3) is 0 Å². The van der Waals surface area contributed by atoms with E-state index in [0.29, 0.717) is 50.9 Å². The molecule has 3 aliphatic heterocycles. The predicted octanol–water partition coefficient (Wildman–Crippen LogP) is 7.81. The Morgan fingerprint density at radius 2 is 1.48 bits per heavy atom. The second kappa shape index (κ2) is 20.7. The molecule has 1 amide bonds. The largest absolute Gasteiger partial charge is 0.416 e. The van der Waals surface area contributed by atoms with Crippen LogP contribution in [0.2, 0.25) is 0 Å². The number of amides is 1. The lowest BCUT2D eigenvalue weighted by Gasteiger charge is -2.40. The van der Waals surface area contributed by atoms with Crippen LogP contribution >= 0.6 is 0 Å². The lowest BCUT2D eigenvalue weighted by atomic mass is 9.84. The first-order chi connectivity index (χ1) is 27.9. The van der Waals surface area contributed by atoms with Gasteiger partial charge in [0.15, 0.2) is 0 Å². The molecule has 2 aromatic rings. The molecule has 0 aromatic heterocycles. The zero-order valence-electron chi connectivity index (χ0n) is 34.3. The number of rotatable bonds is 16. The second-order valence-corrected chi connectivity index (χ2v) is 17.0. The zero-order chi connectivity index (χ0) is 41.2. The molecule has 320 valence electrons. The van der Waals surface area contributed by atoms with Gasteiger partial charge in [-0.15, -0.1) is 0 Å². The maximum Gasteiger partial charge on any atom is 0.416 e. The Morgan fingerprint density at radius 3 is 2.09 bits per heavy atom. The number of hydrogen-bond donors (Lipinski definition) is 1. The molecule has 1 aliphatic carbocycles. The number of ether oxygens (including phenoxy) is 1. The Hall–Kier alpha value is -3.39. The molecule has 4 aliphatic rings. The molecule has 2 atom stereocenters. The van der Waals surface area contributed by atoms with E-state index < -0.39 is 17.6 Å². The number of halogens is 5. The molecule has 1 N–H and O–H groups in total. The fourth-order valence-electron chi connectivity index (χ4n) is 9.56. The van der Waals surface area contributed by atoms with Gasteiger partial charge in [-0.3, -0.25) is 24.3 Å². The molecular weight excluding hydrogens is 754 g/mol. The lowest BCUT2D eigenvalue weighted by Crippen LogP contribution is -2.52. The van der Waals surface area contributed by atoms with Gasteiger partial charge in [0.1, 0.15) is 17.4 Å². The van der Waals surface area contributed by atoms with E-state index in [1.807, 2.05) is 12.1 Å². The number of carbonyl (C=O) groups is 2. The maximum atomic E-state index is 14.4. The van der Waals surface area contributed by atoms with Crippen LogP contribution < -0.4 is 10.2 Å². The molecule has 1 saturated carbocycles. The molecule has 8 nitrogen and oxygen atoms in total. The molecule has 2 aromatic carbocycles. The van der Waals surface area contributed by atoms with Crippen molar-refractivity contribution in [3.05, 3.63) is 71.3 Å². The minimum absolute atomic E-state index is 0.000989. The van der Waals surface area contributed by atoms with Gasteiger partial charge in [-0.25, -0.2) is 8.78 Å². The molecule has 13 heteroatoms. The Morgan fingerprint density at radius 1 is 0.828 bits per heavy atom. The predicted molar refractivity (Wildman–Crippen MR) is 217 cm³/mol. The number of piperazine rings is 1. The van der Waals surface area contributed by atoms with Gasteiger partial charge in [0, 0.05) is 58.8 Å². The van der Waals surface area contributed by atoms with Crippen LogP contribution in [-0.4, -0.2) is 117 Å². The molecular formula is C45H62F5N5O3. The number of piperidine rings is 1. The monoisotopic (exact) mass is 815 g/mol. The Balaban J connectivity index is 0.849. The van der Waals surface area contributed by atoms with E-state index >= 15 is 0 Å². The quantitative estimate of drug-likeness (QED) is 0.174. The number of nitrogens with one attached hydrogen (secondary N) is 1. The van der Waals surface area contributed by atoms with Gasteiger partial charge in [-0.1, -0.05) is 18.2 Å². The van der Waals surface area contributed by atoms with Crippen molar-refractivity contribution in [1.82, 2.24) is 20.0 Å². The summed E-state index contributed by atoms with van der Waals surface area (Å²) in [6.07, 6.45) is 7.29. The van der Waals surface area contributed by atoms with Crippen molar-refractivity contribution in [2.24, 2.45) is 11.8 Å². The summed E-state index contributed by atoms with van der Waals surface area (Å²) in [7, 11) is 1.64. The Kier molecular flexibility index (Phi) is 15.8. The van der Waals surface area contributed by atoms with E-state index in [1.165, 1.54) is 17.7 Å². The summed E-state index contributed by atoms with van der Waals surface area (Å²) >= 11 is 0. The van der Waals surface area contributed by atoms with Crippen LogP contribution in [0.4, 0.5) is 27.6 Å². The van der Waals surface area contributed by atoms with Crippen LogP contribution in [-0.2, 0) is 20.5 Å². The van der Waals surface area contributed by atoms with Crippen LogP contribution in [0, 0.1) is 23.5 Å². The third-order valence-corrected chi connectivity index (χ3v) is 13.2. The number of alkyl halides is 3. The minimum Gasteiger partial charge on any atom is -0.379 e. The molecule has 0 bridgehead atoms. The summed E-state index contributed by atoms with van der Waals surface area (Å²) in [6.45, 7) is 9.48. The highest BCUT2D eigenvalue weighted by Crippen LogP contribution is 2.34. The number of likely N-dealkylation sites (tertiary alicyclic amines) is 1. The molecule has 0 spiro atoms. The van der Waals surface area contributed by atoms with Crippen molar-refractivity contribution >= 4 is 23.0 Å². The number of Topliss-reactive ketones (excluding diaryl/α,β-unsaturated/α-hetero) is 1. The zero-order valence-corrected chi connectivity index (χ0v) is 34.3. The summed E-state index contributed by atoms with van der Waals surface area (Å²) in [6, 6.07) is 9.13. The van der Waals surface area contributed by atoms with E-state index in [1.54, 1.807) is 18.9 Å². The number of methoxy groups -OCH3 is 1. The van der Waals surface area contributed by atoms with Crippen molar-refractivity contribution in [3.63, 3.8) is 0 Å². The molecule has 58 heavy (non-hydrogen) atoms. The lowest BCUT2D eigenvalue weighted by molar-refractivity contribution is -0.137. The van der Waals surface area contributed by atoms with Gasteiger partial charge in [-0.2, -0.15) is 13.2 Å². The topological polar surface area (TPSA) is 68.4 Å². The average Bonchev–Trinajstić information content (AvgIpc) is 3.22. The summed E-state index contributed by atoms with van der Waals surface area (Å²) in [5.74, 6) is 0.396. The van der Waals surface area contributed by atoms with Crippen molar-refractivity contribution in [3.8, 4) is 0 Å². The first-order valence-corrected chi connectivity index (χ1v) is 21.4. The average molecular weight is 816 g/mol. The summed E-state index contributed by atoms with van der Waals surface area (Å²) in [5.41, 5.74) is 1.57. The van der Waals surface area contributed by atoms with E-state index in [4.69, 9.17) is 4.74 Å². The van der Waals surface area contributed by atoms with Gasteiger partial charge >= 0.3 is 6.18 Å². The number of benzene rings is 2. The highest BCUT2D eigenvalue weighted by Gasteiger charge is 2.35. The number of carbonyl (C=O) groups excluding carboxylic acids is 2. The highest BCUT2D eigenvalue weighted by atomic mass is 19.4. The maximum absolute atomic E-state index is 14.4. The number of nitrogens with zero attached hydrogens (tertiary/aromatic N) is 4. The molecule has 3 fully saturated rings. The fourth-order valence-corrected chi connectivity index (χ4v) is 9.56. The number of hydrogen-bond acceptors (Lipinski definition) is 7. The molecule has 2 unspecified atom stereocenters. The Bertz CT molecular complexity index is 1670. The van der Waals surface area contributed by atoms with Gasteiger partial charge < -0.3 is 15.0 Å². The molecule has 6 rings (SSSR count). The second-order valence-electron chi connectivity index (χ2n) is 17.0. The highest BCUT2D eigenvalue weighted by molar-refractivity contribution is 5.82. The third-order valence-electron chi connectivity index (χ3n) is 13.2. The van der Waals surface area contributed by atoms with Gasteiger partial charge in [0.05, 0.1) is 23.4 Å². The normalized spacial score (nSPS) is 23.0. The van der Waals surface area contributed by atoms with Gasteiger partial charge in [0.2, 0.25) is 5.91 Å². The van der Waals surface area contributed by atoms with E-state index in [0.717, 1.165) is 121 Å². The van der Waals surface area contributed by atoms with E-state index in [2.05, 4.69) is 26.1 Å². The molecule has 2 saturated heterocycles. The van der Waals surface area contributed by atoms with E-state index in [-0.39, 0.29) is 41.4 Å². The smallest absolute Gasteiger partial charge is 0.379 e. The van der Waals surface area contributed by atoms with Crippen LogP contribution in [0.15, 0.2) is 48.5 Å². The first kappa shape index (κ1) is 44.2. The van der Waals surface area contributed by atoms with Crippen LogP contribution in [0.5, 0.6) is 0 Å². The Labute approximate surface area is 341 Å². The van der Waals surface area contributed by atoms with Crippen LogP contribution in [0.1, 0.15) is 88.7 Å². The van der Waals surface area contributed by atoms with Crippen molar-refractivity contribution in [1.29, 1.82) is 0 Å². The third kappa shape index (κ3) is 12.3. The van der Waals surface area contributed by atoms with Crippen molar-refractivity contribution < 1.29 is 36.3 Å². The summed E-state index contributed by atoms with van der Waals surface area (Å²) in [5, 5.41) is 3.24. The van der Waals surface area contributed by atoms with Crippen LogP contribution in [0.3, 0.4) is 0 Å². The minimum atomic E-state index is -4.51. The van der Waals surface area contributed by atoms with Gasteiger partial charge in [-0.05, 0) is 151 Å². The SMILES string of the molecule is COC(CCC(=O)NC1CCC(CCN2CCN(c3cc(C(F)(F)F)ccc3F)CC2)CC1)C(C(C)=O)N1CCC(CCN2CC=C(c3ccc(F)cc3)CC2)CC1. The summed E-state index contributed by atoms with van der Waals surface area (Å²) in [4.78, 5) is 34.8. The fraction of sp³-hybridized carbons (Fsp3) is 0.644. The summed E-state index contributed by atoms with van der Waals surface area (Å²) < 4.78 is 73.2. The number of ketones is 1. The first-order valence-electron chi connectivity index (χ1n) is 21.4. The van der Waals surface area contributed by atoms with Crippen LogP contribution in [0.25, 0.3) is 5.57 Å². The van der Waals surface area contributed by atoms with Crippen molar-refractivity contribution in [2.75, 3.05) is 77.5 Å².